The van der Waals surface area contributed by atoms with Crippen molar-refractivity contribution < 1.29 is 9.52 Å². The van der Waals surface area contributed by atoms with Crippen LogP contribution in [0.25, 0.3) is 0 Å². The molecule has 182 valence electrons. The van der Waals surface area contributed by atoms with Crippen LogP contribution in [0.2, 0.25) is 0 Å². The molecule has 0 amide bonds. The van der Waals surface area contributed by atoms with Crippen LogP contribution < -0.4 is 10.9 Å². The van der Waals surface area contributed by atoms with E-state index < -0.39 is 5.60 Å². The summed E-state index contributed by atoms with van der Waals surface area (Å²) in [6.07, 6.45) is 12.3. The lowest BCUT2D eigenvalue weighted by Crippen LogP contribution is -2.62. The minimum absolute atomic E-state index is 0.130. The van der Waals surface area contributed by atoms with Crippen molar-refractivity contribution in [2.24, 2.45) is 28.6 Å². The number of piperazine rings is 1. The minimum atomic E-state index is -0.597. The highest BCUT2D eigenvalue weighted by atomic mass is 16.4. The van der Waals surface area contributed by atoms with Gasteiger partial charge in [0.2, 0.25) is 0 Å². The molecule has 5 fully saturated rings. The van der Waals surface area contributed by atoms with E-state index in [0.717, 1.165) is 49.9 Å². The van der Waals surface area contributed by atoms with Gasteiger partial charge in [-0.05, 0) is 98.5 Å². The summed E-state index contributed by atoms with van der Waals surface area (Å²) >= 11 is 0. The molecule has 1 aromatic rings. The summed E-state index contributed by atoms with van der Waals surface area (Å²) in [5.74, 6) is 2.14. The van der Waals surface area contributed by atoms with Gasteiger partial charge in [-0.3, -0.25) is 4.90 Å². The lowest BCUT2D eigenvalue weighted by molar-refractivity contribution is -0.204. The first-order valence-corrected chi connectivity index (χ1v) is 13.6. The zero-order valence-electron chi connectivity index (χ0n) is 20.5. The first kappa shape index (κ1) is 22.3. The van der Waals surface area contributed by atoms with Crippen LogP contribution in [0.15, 0.2) is 27.6 Å². The molecule has 1 saturated heterocycles. The zero-order valence-corrected chi connectivity index (χ0v) is 20.5. The molecule has 0 spiro atoms. The van der Waals surface area contributed by atoms with E-state index in [2.05, 4.69) is 24.1 Å². The number of aliphatic hydroxyl groups is 1. The van der Waals surface area contributed by atoms with Gasteiger partial charge in [0.15, 0.2) is 0 Å². The van der Waals surface area contributed by atoms with Crippen LogP contribution >= 0.6 is 0 Å². The van der Waals surface area contributed by atoms with Gasteiger partial charge in [-0.25, -0.2) is 4.79 Å². The van der Waals surface area contributed by atoms with Gasteiger partial charge in [0.1, 0.15) is 0 Å². The molecule has 5 nitrogen and oxygen atoms in total. The zero-order chi connectivity index (χ0) is 22.8. The van der Waals surface area contributed by atoms with Gasteiger partial charge < -0.3 is 14.8 Å². The molecule has 4 aliphatic carbocycles. The Balaban J connectivity index is 1.24. The monoisotopic (exact) mass is 454 g/mol. The fraction of sp³-hybridized carbons (Fsp3) is 0.821. The van der Waals surface area contributed by atoms with Gasteiger partial charge in [0.05, 0.1) is 11.9 Å². The maximum Gasteiger partial charge on any atom is 0.335 e. The summed E-state index contributed by atoms with van der Waals surface area (Å²) in [5.41, 5.74) is 0.462. The summed E-state index contributed by atoms with van der Waals surface area (Å²) in [7, 11) is 0. The van der Waals surface area contributed by atoms with E-state index in [1.807, 2.05) is 6.07 Å². The van der Waals surface area contributed by atoms with Crippen molar-refractivity contribution in [1.82, 2.24) is 10.2 Å². The fourth-order valence-corrected chi connectivity index (χ4v) is 9.68. The van der Waals surface area contributed by atoms with Gasteiger partial charge in [-0.15, -0.1) is 0 Å². The maximum atomic E-state index is 12.4. The molecule has 4 saturated carbocycles. The number of fused-ring (bicyclic) bond motifs is 5. The Labute approximate surface area is 198 Å². The number of nitrogens with zero attached hydrogens (tertiary/aromatic N) is 1. The van der Waals surface area contributed by atoms with Crippen LogP contribution in [0.5, 0.6) is 0 Å². The maximum absolute atomic E-state index is 12.4. The molecule has 0 bridgehead atoms. The van der Waals surface area contributed by atoms with Crippen molar-refractivity contribution in [3.8, 4) is 0 Å². The number of hydrogen-bond acceptors (Lipinski definition) is 5. The minimum Gasteiger partial charge on any atom is -0.431 e. The Kier molecular flexibility index (Phi) is 5.36. The highest BCUT2D eigenvalue weighted by Gasteiger charge is 2.67. The Bertz CT molecular complexity index is 921. The molecule has 5 aliphatic rings. The molecule has 8 atom stereocenters. The molecular formula is C28H42N2O3. The molecule has 6 rings (SSSR count). The number of hydrogen-bond donors (Lipinski definition) is 2. The highest BCUT2D eigenvalue weighted by Crippen LogP contribution is 2.70. The standard InChI is InChI=1S/C28H42N2O3/c1-26-10-7-21(30-15-13-29-14-16-30)17-20(26)4-5-24-23(26)8-11-27(2)22(9-12-28(24,27)32)19-3-6-25(31)33-18-19/h3,6,18,20-24,29,32H,4-5,7-17H2,1-2H3/t20-,21?,22-,23+,24-,26+,27-,28+/m1/s1. The number of nitrogens with one attached hydrogen (secondary N) is 1. The van der Waals surface area contributed by atoms with Crippen molar-refractivity contribution in [3.05, 3.63) is 34.4 Å². The van der Waals surface area contributed by atoms with Crippen molar-refractivity contribution in [1.29, 1.82) is 0 Å². The summed E-state index contributed by atoms with van der Waals surface area (Å²) in [6.45, 7) is 9.62. The molecule has 33 heavy (non-hydrogen) atoms. The average Bonchev–Trinajstić information content (AvgIpc) is 3.11. The third-order valence-electron chi connectivity index (χ3n) is 11.6. The van der Waals surface area contributed by atoms with Gasteiger partial charge in [0, 0.05) is 43.7 Å². The van der Waals surface area contributed by atoms with E-state index in [0.29, 0.717) is 17.3 Å². The van der Waals surface area contributed by atoms with E-state index in [9.17, 15) is 9.90 Å². The largest absolute Gasteiger partial charge is 0.431 e. The molecule has 1 aliphatic heterocycles. The molecule has 0 radical (unpaired) electrons. The summed E-state index contributed by atoms with van der Waals surface area (Å²) in [4.78, 5) is 14.3. The van der Waals surface area contributed by atoms with Crippen LogP contribution in [-0.4, -0.2) is 47.8 Å². The third-order valence-corrected chi connectivity index (χ3v) is 11.6. The van der Waals surface area contributed by atoms with Crippen LogP contribution in [0.4, 0.5) is 0 Å². The third kappa shape index (κ3) is 3.25. The van der Waals surface area contributed by atoms with E-state index in [-0.39, 0.29) is 17.0 Å². The first-order chi connectivity index (χ1) is 15.8. The van der Waals surface area contributed by atoms with Crippen LogP contribution in [-0.2, 0) is 0 Å². The quantitative estimate of drug-likeness (QED) is 0.703. The number of rotatable bonds is 2. The predicted molar refractivity (Wildman–Crippen MR) is 129 cm³/mol. The van der Waals surface area contributed by atoms with Crippen molar-refractivity contribution in [3.63, 3.8) is 0 Å². The summed E-state index contributed by atoms with van der Waals surface area (Å²) < 4.78 is 5.24. The van der Waals surface area contributed by atoms with Crippen molar-refractivity contribution in [2.75, 3.05) is 26.2 Å². The Hall–Kier alpha value is -1.17. The van der Waals surface area contributed by atoms with Gasteiger partial charge in [-0.1, -0.05) is 13.8 Å². The van der Waals surface area contributed by atoms with Gasteiger partial charge >= 0.3 is 5.63 Å². The van der Waals surface area contributed by atoms with Crippen molar-refractivity contribution >= 4 is 0 Å². The molecule has 1 unspecified atom stereocenters. The normalized spacial score (nSPS) is 48.0. The van der Waals surface area contributed by atoms with Crippen molar-refractivity contribution in [2.45, 2.75) is 89.2 Å². The predicted octanol–water partition coefficient (Wildman–Crippen LogP) is 4.15. The second kappa shape index (κ2) is 7.93. The molecule has 1 aromatic heterocycles. The molecule has 2 N–H and O–H groups in total. The second-order valence-corrected chi connectivity index (χ2v) is 12.6. The van der Waals surface area contributed by atoms with Gasteiger partial charge in [-0.2, -0.15) is 0 Å². The molecule has 2 heterocycles. The highest BCUT2D eigenvalue weighted by molar-refractivity contribution is 5.27. The lowest BCUT2D eigenvalue weighted by atomic mass is 9.43. The van der Waals surface area contributed by atoms with Crippen LogP contribution in [0.1, 0.15) is 83.1 Å². The van der Waals surface area contributed by atoms with E-state index >= 15 is 0 Å². The second-order valence-electron chi connectivity index (χ2n) is 12.6. The van der Waals surface area contributed by atoms with E-state index in [1.54, 1.807) is 12.3 Å². The van der Waals surface area contributed by atoms with Crippen LogP contribution in [0.3, 0.4) is 0 Å². The van der Waals surface area contributed by atoms with Crippen LogP contribution in [0, 0.1) is 28.6 Å². The molecular weight excluding hydrogens is 412 g/mol. The van der Waals surface area contributed by atoms with Gasteiger partial charge in [0.25, 0.3) is 0 Å². The van der Waals surface area contributed by atoms with E-state index in [1.165, 1.54) is 51.6 Å². The first-order valence-electron chi connectivity index (χ1n) is 13.6. The lowest BCUT2D eigenvalue weighted by Gasteiger charge is -2.64. The average molecular weight is 455 g/mol. The summed E-state index contributed by atoms with van der Waals surface area (Å²) in [6, 6.07) is 4.25. The summed E-state index contributed by atoms with van der Waals surface area (Å²) in [5, 5.41) is 15.9. The Morgan fingerprint density at radius 1 is 1.00 bits per heavy atom. The SMILES string of the molecule is C[C@]12CCC(N3CCNCC3)C[C@H]1CC[C@@H]1[C@@H]2CC[C@]2(C)[C@@H](c3ccc(=O)oc3)CC[C@]12O. The topological polar surface area (TPSA) is 65.7 Å². The smallest absolute Gasteiger partial charge is 0.335 e. The Morgan fingerprint density at radius 3 is 2.58 bits per heavy atom. The Morgan fingerprint density at radius 2 is 1.82 bits per heavy atom. The fourth-order valence-electron chi connectivity index (χ4n) is 9.68. The van der Waals surface area contributed by atoms with E-state index in [4.69, 9.17) is 4.42 Å². The molecule has 5 heteroatoms. The molecule has 0 aromatic carbocycles.